The van der Waals surface area contributed by atoms with Gasteiger partial charge in [0.15, 0.2) is 0 Å². The van der Waals surface area contributed by atoms with E-state index in [2.05, 4.69) is 5.32 Å². The molecule has 1 N–H and O–H groups in total. The molecule has 0 aliphatic carbocycles. The van der Waals surface area contributed by atoms with E-state index in [4.69, 9.17) is 23.2 Å². The van der Waals surface area contributed by atoms with Crippen molar-refractivity contribution in [1.29, 1.82) is 0 Å². The lowest BCUT2D eigenvalue weighted by Crippen LogP contribution is -2.44. The number of nitrogens with one attached hydrogen (secondary N) is 1. The maximum atomic E-state index is 12.8. The van der Waals surface area contributed by atoms with Gasteiger partial charge in [0.2, 0.25) is 11.8 Å². The van der Waals surface area contributed by atoms with E-state index in [1.165, 1.54) is 0 Å². The Morgan fingerprint density at radius 2 is 1.56 bits per heavy atom. The van der Waals surface area contributed by atoms with E-state index in [0.29, 0.717) is 15.7 Å². The van der Waals surface area contributed by atoms with Gasteiger partial charge in [0.05, 0.1) is 28.8 Å². The number of hydrogen-bond donors (Lipinski definition) is 1. The summed E-state index contributed by atoms with van der Waals surface area (Å²) in [7, 11) is 1.72. The largest absolute Gasteiger partial charge is 0.322 e. The van der Waals surface area contributed by atoms with Crippen molar-refractivity contribution in [2.45, 2.75) is 19.9 Å². The maximum Gasteiger partial charge on any atom is 0.241 e. The molecule has 0 spiro atoms. The third kappa shape index (κ3) is 5.96. The van der Waals surface area contributed by atoms with E-state index in [1.54, 1.807) is 35.0 Å². The number of halogens is 2. The van der Waals surface area contributed by atoms with Crippen molar-refractivity contribution in [2.75, 3.05) is 30.4 Å². The Kier molecular flexibility index (Phi) is 7.66. The average Bonchev–Trinajstić information content (AvgIpc) is 2.58. The summed E-state index contributed by atoms with van der Waals surface area (Å²) in [6.45, 7) is 4.05. The highest BCUT2D eigenvalue weighted by atomic mass is 35.5. The summed E-state index contributed by atoms with van der Waals surface area (Å²) in [5.41, 5.74) is 1.21. The van der Waals surface area contributed by atoms with Gasteiger partial charge in [0, 0.05) is 11.7 Å². The van der Waals surface area contributed by atoms with Crippen LogP contribution in [0.4, 0.5) is 11.4 Å². The summed E-state index contributed by atoms with van der Waals surface area (Å²) >= 11 is 12.1. The van der Waals surface area contributed by atoms with Gasteiger partial charge in [0.25, 0.3) is 0 Å². The molecule has 0 aromatic heterocycles. The van der Waals surface area contributed by atoms with Crippen molar-refractivity contribution in [2.24, 2.45) is 0 Å². The van der Waals surface area contributed by atoms with Gasteiger partial charge >= 0.3 is 0 Å². The Labute approximate surface area is 169 Å². The summed E-state index contributed by atoms with van der Waals surface area (Å²) in [6, 6.07) is 14.5. The standard InChI is InChI=1S/C20H23Cl2N3O2/c1-14(2)25(15-8-5-4-6-9-15)19(27)13-24(3)12-18(26)23-20-16(21)10-7-11-17(20)22/h4-11,14H,12-13H2,1-3H3,(H,23,26). The second-order valence-electron chi connectivity index (χ2n) is 6.51. The lowest BCUT2D eigenvalue weighted by Gasteiger charge is -2.29. The van der Waals surface area contributed by atoms with E-state index in [-0.39, 0.29) is 30.9 Å². The van der Waals surface area contributed by atoms with Crippen molar-refractivity contribution in [3.05, 3.63) is 58.6 Å². The van der Waals surface area contributed by atoms with Gasteiger partial charge in [0.1, 0.15) is 0 Å². The number of rotatable bonds is 7. The Balaban J connectivity index is 1.98. The molecular weight excluding hydrogens is 385 g/mol. The highest BCUT2D eigenvalue weighted by Crippen LogP contribution is 2.29. The number of para-hydroxylation sites is 2. The number of amides is 2. The van der Waals surface area contributed by atoms with Gasteiger partial charge in [-0.25, -0.2) is 0 Å². The highest BCUT2D eigenvalue weighted by molar-refractivity contribution is 6.39. The zero-order valence-corrected chi connectivity index (χ0v) is 17.1. The van der Waals surface area contributed by atoms with Gasteiger partial charge in [-0.1, -0.05) is 47.5 Å². The number of nitrogens with zero attached hydrogens (tertiary/aromatic N) is 2. The first-order valence-corrected chi connectivity index (χ1v) is 9.34. The predicted octanol–water partition coefficient (Wildman–Crippen LogP) is 4.31. The van der Waals surface area contributed by atoms with Crippen LogP contribution in [0.25, 0.3) is 0 Å². The van der Waals surface area contributed by atoms with E-state index < -0.39 is 0 Å². The topological polar surface area (TPSA) is 52.7 Å². The summed E-state index contributed by atoms with van der Waals surface area (Å²) in [4.78, 5) is 28.4. The molecule has 0 unspecified atom stereocenters. The molecule has 0 fully saturated rings. The molecule has 0 aliphatic rings. The molecule has 0 heterocycles. The van der Waals surface area contributed by atoms with E-state index >= 15 is 0 Å². The number of hydrogen-bond acceptors (Lipinski definition) is 3. The zero-order valence-electron chi connectivity index (χ0n) is 15.6. The zero-order chi connectivity index (χ0) is 20.0. The minimum absolute atomic E-state index is 0.00376. The first-order valence-electron chi connectivity index (χ1n) is 8.59. The van der Waals surface area contributed by atoms with Crippen LogP contribution in [-0.2, 0) is 9.59 Å². The molecule has 0 saturated heterocycles. The minimum atomic E-state index is -0.295. The van der Waals surface area contributed by atoms with E-state index in [1.807, 2.05) is 44.2 Å². The molecule has 0 saturated carbocycles. The van der Waals surface area contributed by atoms with Crippen molar-refractivity contribution in [1.82, 2.24) is 4.90 Å². The number of benzene rings is 2. The first-order chi connectivity index (χ1) is 12.8. The van der Waals surface area contributed by atoms with Crippen LogP contribution in [0.3, 0.4) is 0 Å². The molecule has 2 aromatic rings. The SMILES string of the molecule is CC(C)N(C(=O)CN(C)CC(=O)Nc1c(Cl)cccc1Cl)c1ccccc1. The van der Waals surface area contributed by atoms with Crippen LogP contribution < -0.4 is 10.2 Å². The third-order valence-corrected chi connectivity index (χ3v) is 4.50. The van der Waals surface area contributed by atoms with Crippen LogP contribution in [0, 0.1) is 0 Å². The van der Waals surface area contributed by atoms with Crippen LogP contribution in [-0.4, -0.2) is 42.9 Å². The smallest absolute Gasteiger partial charge is 0.241 e. The van der Waals surface area contributed by atoms with Crippen LogP contribution in [0.2, 0.25) is 10.0 Å². The fourth-order valence-electron chi connectivity index (χ4n) is 2.72. The van der Waals surface area contributed by atoms with Crippen molar-refractivity contribution in [3.8, 4) is 0 Å². The van der Waals surface area contributed by atoms with E-state index in [0.717, 1.165) is 5.69 Å². The Morgan fingerprint density at radius 3 is 2.11 bits per heavy atom. The Hall–Kier alpha value is -2.08. The summed E-state index contributed by atoms with van der Waals surface area (Å²) in [5.74, 6) is -0.376. The predicted molar refractivity (Wildman–Crippen MR) is 112 cm³/mol. The molecule has 0 atom stereocenters. The average molecular weight is 408 g/mol. The van der Waals surface area contributed by atoms with Crippen LogP contribution in [0.1, 0.15) is 13.8 Å². The number of carbonyl (C=O) groups is 2. The summed E-state index contributed by atoms with van der Waals surface area (Å²) in [6.07, 6.45) is 0. The highest BCUT2D eigenvalue weighted by Gasteiger charge is 2.21. The van der Waals surface area contributed by atoms with Gasteiger partial charge in [-0.05, 0) is 45.2 Å². The van der Waals surface area contributed by atoms with Crippen molar-refractivity contribution < 1.29 is 9.59 Å². The molecule has 2 amide bonds. The van der Waals surface area contributed by atoms with Gasteiger partial charge in [-0.3, -0.25) is 14.5 Å². The quantitative estimate of drug-likeness (QED) is 0.743. The third-order valence-electron chi connectivity index (χ3n) is 3.87. The molecule has 0 radical (unpaired) electrons. The monoisotopic (exact) mass is 407 g/mol. The van der Waals surface area contributed by atoms with Gasteiger partial charge in [-0.2, -0.15) is 0 Å². The summed E-state index contributed by atoms with van der Waals surface area (Å²) < 4.78 is 0. The first kappa shape index (κ1) is 21.2. The molecule has 2 rings (SSSR count). The molecule has 2 aromatic carbocycles. The molecule has 7 heteroatoms. The van der Waals surface area contributed by atoms with Crippen molar-refractivity contribution >= 4 is 46.4 Å². The molecule has 27 heavy (non-hydrogen) atoms. The molecular formula is C20H23Cl2N3O2. The lowest BCUT2D eigenvalue weighted by atomic mass is 10.2. The minimum Gasteiger partial charge on any atom is -0.322 e. The summed E-state index contributed by atoms with van der Waals surface area (Å²) in [5, 5.41) is 3.43. The number of anilines is 2. The fraction of sp³-hybridized carbons (Fsp3) is 0.300. The maximum absolute atomic E-state index is 12.8. The number of likely N-dealkylation sites (N-methyl/N-ethyl adjacent to an activating group) is 1. The molecule has 144 valence electrons. The molecule has 0 aliphatic heterocycles. The Bertz CT molecular complexity index is 777. The second-order valence-corrected chi connectivity index (χ2v) is 7.32. The number of carbonyl (C=O) groups excluding carboxylic acids is 2. The molecule has 0 bridgehead atoms. The van der Waals surface area contributed by atoms with Crippen LogP contribution >= 0.6 is 23.2 Å². The van der Waals surface area contributed by atoms with Gasteiger partial charge < -0.3 is 10.2 Å². The normalized spacial score (nSPS) is 10.9. The van der Waals surface area contributed by atoms with Crippen molar-refractivity contribution in [3.63, 3.8) is 0 Å². The molecule has 5 nitrogen and oxygen atoms in total. The van der Waals surface area contributed by atoms with E-state index in [9.17, 15) is 9.59 Å². The second kappa shape index (κ2) is 9.74. The fourth-order valence-corrected chi connectivity index (χ4v) is 3.21. The van der Waals surface area contributed by atoms with Gasteiger partial charge in [-0.15, -0.1) is 0 Å². The van der Waals surface area contributed by atoms with Crippen LogP contribution in [0.15, 0.2) is 48.5 Å². The van der Waals surface area contributed by atoms with Crippen LogP contribution in [0.5, 0.6) is 0 Å². The lowest BCUT2D eigenvalue weighted by molar-refractivity contribution is -0.121. The Morgan fingerprint density at radius 1 is 0.963 bits per heavy atom.